The maximum Gasteiger partial charge on any atom is 0.229 e. The molecule has 14 heavy (non-hydrogen) atoms. The molecule has 1 amide bonds. The SMILES string of the molecule is CC(C)C1C(C)NC(=O)C12CCOC2. The highest BCUT2D eigenvalue weighted by Crippen LogP contribution is 2.46. The lowest BCUT2D eigenvalue weighted by atomic mass is 9.69. The molecule has 3 atom stereocenters. The van der Waals surface area contributed by atoms with Gasteiger partial charge in [-0.2, -0.15) is 0 Å². The number of hydrogen-bond acceptors (Lipinski definition) is 2. The average Bonchev–Trinajstić information content (AvgIpc) is 2.61. The summed E-state index contributed by atoms with van der Waals surface area (Å²) in [6.45, 7) is 7.86. The molecule has 0 aromatic rings. The van der Waals surface area contributed by atoms with E-state index in [-0.39, 0.29) is 11.3 Å². The molecule has 0 saturated carbocycles. The molecule has 2 saturated heterocycles. The van der Waals surface area contributed by atoms with Gasteiger partial charge in [-0.05, 0) is 25.2 Å². The normalized spacial score (nSPS) is 42.4. The largest absolute Gasteiger partial charge is 0.380 e. The van der Waals surface area contributed by atoms with Gasteiger partial charge < -0.3 is 10.1 Å². The van der Waals surface area contributed by atoms with E-state index in [1.807, 2.05) is 0 Å². The molecule has 1 N–H and O–H groups in total. The van der Waals surface area contributed by atoms with Crippen LogP contribution in [0, 0.1) is 17.3 Å². The fraction of sp³-hybridized carbons (Fsp3) is 0.909. The monoisotopic (exact) mass is 197 g/mol. The van der Waals surface area contributed by atoms with Crippen LogP contribution in [-0.2, 0) is 9.53 Å². The van der Waals surface area contributed by atoms with Crippen molar-refractivity contribution < 1.29 is 9.53 Å². The van der Waals surface area contributed by atoms with E-state index < -0.39 is 0 Å². The van der Waals surface area contributed by atoms with Gasteiger partial charge >= 0.3 is 0 Å². The summed E-state index contributed by atoms with van der Waals surface area (Å²) in [5.74, 6) is 1.17. The fourth-order valence-corrected chi connectivity index (χ4v) is 3.31. The van der Waals surface area contributed by atoms with Gasteiger partial charge in [0.2, 0.25) is 5.91 Å². The van der Waals surface area contributed by atoms with Gasteiger partial charge in [0.15, 0.2) is 0 Å². The maximum absolute atomic E-state index is 11.9. The van der Waals surface area contributed by atoms with E-state index >= 15 is 0 Å². The maximum atomic E-state index is 11.9. The molecular weight excluding hydrogens is 178 g/mol. The van der Waals surface area contributed by atoms with Crippen LogP contribution in [0.3, 0.4) is 0 Å². The van der Waals surface area contributed by atoms with Crippen molar-refractivity contribution in [2.45, 2.75) is 33.2 Å². The number of amides is 1. The molecule has 3 unspecified atom stereocenters. The van der Waals surface area contributed by atoms with Crippen LogP contribution in [-0.4, -0.2) is 25.2 Å². The molecule has 1 spiro atoms. The van der Waals surface area contributed by atoms with Crippen LogP contribution in [0.4, 0.5) is 0 Å². The standard InChI is InChI=1S/C11H19NO2/c1-7(2)9-8(3)12-10(13)11(9)4-5-14-6-11/h7-9H,4-6H2,1-3H3,(H,12,13). The first-order valence-electron chi connectivity index (χ1n) is 5.46. The lowest BCUT2D eigenvalue weighted by molar-refractivity contribution is -0.129. The first-order chi connectivity index (χ1) is 6.58. The molecule has 3 nitrogen and oxygen atoms in total. The van der Waals surface area contributed by atoms with Gasteiger partial charge in [-0.3, -0.25) is 4.79 Å². The van der Waals surface area contributed by atoms with Crippen molar-refractivity contribution >= 4 is 5.91 Å². The third kappa shape index (κ3) is 1.18. The second kappa shape index (κ2) is 3.23. The van der Waals surface area contributed by atoms with Crippen LogP contribution in [0.1, 0.15) is 27.2 Å². The van der Waals surface area contributed by atoms with E-state index in [0.717, 1.165) is 13.0 Å². The van der Waals surface area contributed by atoms with Gasteiger partial charge in [0.05, 0.1) is 12.0 Å². The fourth-order valence-electron chi connectivity index (χ4n) is 3.31. The van der Waals surface area contributed by atoms with Gasteiger partial charge in [0.1, 0.15) is 0 Å². The van der Waals surface area contributed by atoms with Crippen LogP contribution in [0.25, 0.3) is 0 Å². The Balaban J connectivity index is 2.31. The van der Waals surface area contributed by atoms with Crippen LogP contribution >= 0.6 is 0 Å². The van der Waals surface area contributed by atoms with Crippen molar-refractivity contribution in [2.24, 2.45) is 17.3 Å². The summed E-state index contributed by atoms with van der Waals surface area (Å²) in [5.41, 5.74) is -0.215. The Morgan fingerprint density at radius 1 is 1.57 bits per heavy atom. The summed E-state index contributed by atoms with van der Waals surface area (Å²) in [4.78, 5) is 11.9. The molecule has 2 rings (SSSR count). The summed E-state index contributed by atoms with van der Waals surface area (Å²) < 4.78 is 5.42. The van der Waals surface area contributed by atoms with Gasteiger partial charge in [0.25, 0.3) is 0 Å². The zero-order valence-electron chi connectivity index (χ0n) is 9.17. The van der Waals surface area contributed by atoms with Crippen molar-refractivity contribution in [3.05, 3.63) is 0 Å². The third-order valence-electron chi connectivity index (χ3n) is 3.76. The van der Waals surface area contributed by atoms with Crippen LogP contribution in [0.2, 0.25) is 0 Å². The average molecular weight is 197 g/mol. The predicted molar refractivity (Wildman–Crippen MR) is 53.8 cm³/mol. The molecule has 2 heterocycles. The number of rotatable bonds is 1. The lowest BCUT2D eigenvalue weighted by Crippen LogP contribution is -2.38. The number of carbonyl (C=O) groups excluding carboxylic acids is 1. The molecule has 0 radical (unpaired) electrons. The molecule has 2 fully saturated rings. The smallest absolute Gasteiger partial charge is 0.229 e. The number of hydrogen-bond donors (Lipinski definition) is 1. The molecule has 0 aromatic heterocycles. The number of ether oxygens (including phenoxy) is 1. The Morgan fingerprint density at radius 3 is 2.79 bits per heavy atom. The minimum absolute atomic E-state index is 0.209. The third-order valence-corrected chi connectivity index (χ3v) is 3.76. The second-order valence-electron chi connectivity index (χ2n) is 4.99. The van der Waals surface area contributed by atoms with E-state index in [1.165, 1.54) is 0 Å². The molecule has 2 aliphatic heterocycles. The van der Waals surface area contributed by atoms with Crippen molar-refractivity contribution in [3.63, 3.8) is 0 Å². The summed E-state index contributed by atoms with van der Waals surface area (Å²) in [6, 6.07) is 0.296. The Labute approximate surface area is 85.2 Å². The van der Waals surface area contributed by atoms with Crippen LogP contribution in [0.15, 0.2) is 0 Å². The molecule has 0 aromatic carbocycles. The Kier molecular flexibility index (Phi) is 2.30. The van der Waals surface area contributed by atoms with Gasteiger partial charge in [-0.25, -0.2) is 0 Å². The van der Waals surface area contributed by atoms with E-state index in [1.54, 1.807) is 0 Å². The quantitative estimate of drug-likeness (QED) is 0.685. The van der Waals surface area contributed by atoms with Crippen LogP contribution in [0.5, 0.6) is 0 Å². The molecular formula is C11H19NO2. The first-order valence-corrected chi connectivity index (χ1v) is 5.46. The second-order valence-corrected chi connectivity index (χ2v) is 4.99. The minimum Gasteiger partial charge on any atom is -0.380 e. The van der Waals surface area contributed by atoms with E-state index in [2.05, 4.69) is 26.1 Å². The summed E-state index contributed by atoms with van der Waals surface area (Å²) in [7, 11) is 0. The topological polar surface area (TPSA) is 38.3 Å². The van der Waals surface area contributed by atoms with Gasteiger partial charge in [-0.15, -0.1) is 0 Å². The predicted octanol–water partition coefficient (Wildman–Crippen LogP) is 1.18. The Bertz CT molecular complexity index is 244. The zero-order chi connectivity index (χ0) is 10.3. The highest BCUT2D eigenvalue weighted by Gasteiger charge is 2.56. The van der Waals surface area contributed by atoms with E-state index in [4.69, 9.17) is 4.74 Å². The molecule has 2 aliphatic rings. The van der Waals surface area contributed by atoms with Crippen molar-refractivity contribution in [1.82, 2.24) is 5.32 Å². The Hall–Kier alpha value is -0.570. The zero-order valence-corrected chi connectivity index (χ0v) is 9.17. The van der Waals surface area contributed by atoms with Gasteiger partial charge in [-0.1, -0.05) is 13.8 Å². The highest BCUT2D eigenvalue weighted by molar-refractivity contribution is 5.86. The summed E-state index contributed by atoms with van der Waals surface area (Å²) in [5, 5.41) is 3.06. The first kappa shape index (κ1) is 9.97. The molecule has 0 aliphatic carbocycles. The Morgan fingerprint density at radius 2 is 2.29 bits per heavy atom. The number of nitrogens with one attached hydrogen (secondary N) is 1. The molecule has 3 heteroatoms. The molecule has 0 bridgehead atoms. The number of carbonyl (C=O) groups is 1. The summed E-state index contributed by atoms with van der Waals surface area (Å²) >= 11 is 0. The van der Waals surface area contributed by atoms with Gasteiger partial charge in [0, 0.05) is 12.6 Å². The lowest BCUT2D eigenvalue weighted by Gasteiger charge is -2.31. The van der Waals surface area contributed by atoms with E-state index in [9.17, 15) is 4.79 Å². The van der Waals surface area contributed by atoms with Crippen molar-refractivity contribution in [3.8, 4) is 0 Å². The van der Waals surface area contributed by atoms with E-state index in [0.29, 0.717) is 24.5 Å². The molecule has 80 valence electrons. The minimum atomic E-state index is -0.215. The van der Waals surface area contributed by atoms with Crippen molar-refractivity contribution in [2.75, 3.05) is 13.2 Å². The van der Waals surface area contributed by atoms with Crippen molar-refractivity contribution in [1.29, 1.82) is 0 Å². The summed E-state index contributed by atoms with van der Waals surface area (Å²) in [6.07, 6.45) is 0.895. The highest BCUT2D eigenvalue weighted by atomic mass is 16.5. The van der Waals surface area contributed by atoms with Crippen LogP contribution < -0.4 is 5.32 Å².